The quantitative estimate of drug-likeness (QED) is 0.851. The average Bonchev–Trinajstić information content (AvgIpc) is 2.80. The first-order valence-electron chi connectivity index (χ1n) is 5.69. The van der Waals surface area contributed by atoms with Crippen LogP contribution < -0.4 is 4.72 Å². The maximum absolute atomic E-state index is 12.0. The number of nitrogens with one attached hydrogen (secondary N) is 1. The fourth-order valence-corrected chi connectivity index (χ4v) is 7.15. The minimum atomic E-state index is -3.63. The summed E-state index contributed by atoms with van der Waals surface area (Å²) in [5.41, 5.74) is 0.846. The van der Waals surface area contributed by atoms with Crippen molar-refractivity contribution in [3.05, 3.63) is 15.4 Å². The van der Waals surface area contributed by atoms with Crippen molar-refractivity contribution in [2.24, 2.45) is 0 Å². The fourth-order valence-electron chi connectivity index (χ4n) is 1.93. The zero-order valence-electron chi connectivity index (χ0n) is 10.2. The summed E-state index contributed by atoms with van der Waals surface area (Å²) in [6.07, 6.45) is 1.14. The molecule has 5 nitrogen and oxygen atoms in total. The molecule has 1 aromatic rings. The van der Waals surface area contributed by atoms with Gasteiger partial charge in [-0.25, -0.2) is 21.6 Å². The first kappa shape index (κ1) is 15.4. The van der Waals surface area contributed by atoms with E-state index >= 15 is 0 Å². The van der Waals surface area contributed by atoms with Gasteiger partial charge in [0.05, 0.1) is 14.8 Å². The molecule has 2 heterocycles. The summed E-state index contributed by atoms with van der Waals surface area (Å²) in [4.78, 5) is 0. The van der Waals surface area contributed by atoms with Crippen LogP contribution in [0.15, 0.2) is 14.1 Å². The molecule has 1 unspecified atom stereocenters. The van der Waals surface area contributed by atoms with Crippen LogP contribution >= 0.6 is 27.3 Å². The zero-order chi connectivity index (χ0) is 14.3. The second-order valence-corrected chi connectivity index (χ2v) is 11.3. The van der Waals surface area contributed by atoms with Gasteiger partial charge in [0, 0.05) is 6.54 Å². The Bertz CT molecular complexity index is 658. The van der Waals surface area contributed by atoms with Crippen molar-refractivity contribution in [1.82, 2.24) is 4.72 Å². The molecule has 1 fully saturated rings. The summed E-state index contributed by atoms with van der Waals surface area (Å²) >= 11 is 4.39. The first-order chi connectivity index (χ1) is 8.72. The van der Waals surface area contributed by atoms with E-state index in [0.717, 1.165) is 20.7 Å². The van der Waals surface area contributed by atoms with Crippen LogP contribution in [-0.2, 0) is 19.9 Å². The molecule has 1 aliphatic heterocycles. The van der Waals surface area contributed by atoms with Crippen LogP contribution in [0.3, 0.4) is 0 Å². The van der Waals surface area contributed by atoms with E-state index in [-0.39, 0.29) is 16.5 Å². The van der Waals surface area contributed by atoms with Crippen molar-refractivity contribution in [3.8, 4) is 0 Å². The summed E-state index contributed by atoms with van der Waals surface area (Å²) in [5, 5.41) is -0.591. The number of rotatable bonds is 4. The molecule has 0 saturated carbocycles. The summed E-state index contributed by atoms with van der Waals surface area (Å²) in [6.45, 7) is 1.76. The monoisotopic (exact) mass is 387 g/mol. The number of sulfone groups is 1. The third-order valence-corrected chi connectivity index (χ3v) is 9.37. The minimum absolute atomic E-state index is 0.0424. The van der Waals surface area contributed by atoms with Gasteiger partial charge in [-0.15, -0.1) is 11.3 Å². The molecule has 0 radical (unpaired) electrons. The van der Waals surface area contributed by atoms with Crippen molar-refractivity contribution >= 4 is 47.1 Å². The predicted molar refractivity (Wildman–Crippen MR) is 78.8 cm³/mol. The number of hydrogen-bond acceptors (Lipinski definition) is 5. The molecule has 108 valence electrons. The topological polar surface area (TPSA) is 80.3 Å². The van der Waals surface area contributed by atoms with Crippen LogP contribution in [0.25, 0.3) is 0 Å². The Morgan fingerprint density at radius 3 is 2.68 bits per heavy atom. The van der Waals surface area contributed by atoms with Crippen molar-refractivity contribution in [3.63, 3.8) is 0 Å². The molecule has 0 aliphatic carbocycles. The lowest BCUT2D eigenvalue weighted by atomic mass is 10.2. The van der Waals surface area contributed by atoms with Gasteiger partial charge in [0.1, 0.15) is 4.21 Å². The van der Waals surface area contributed by atoms with E-state index in [1.54, 1.807) is 13.0 Å². The predicted octanol–water partition coefficient (Wildman–Crippen LogP) is 1.67. The lowest BCUT2D eigenvalue weighted by Gasteiger charge is -2.10. The normalized spacial score (nSPS) is 22.7. The van der Waals surface area contributed by atoms with Gasteiger partial charge in [0.15, 0.2) is 9.84 Å². The molecule has 1 aliphatic rings. The van der Waals surface area contributed by atoms with E-state index in [4.69, 9.17) is 0 Å². The highest BCUT2D eigenvalue weighted by Crippen LogP contribution is 2.30. The summed E-state index contributed by atoms with van der Waals surface area (Å²) < 4.78 is 50.7. The Kier molecular flexibility index (Phi) is 4.41. The van der Waals surface area contributed by atoms with Crippen LogP contribution in [0, 0.1) is 6.92 Å². The Morgan fingerprint density at radius 1 is 1.53 bits per heavy atom. The molecule has 9 heteroatoms. The molecular formula is C10H14BrNO4S3. The maximum atomic E-state index is 12.0. The van der Waals surface area contributed by atoms with Crippen LogP contribution in [-0.4, -0.2) is 34.4 Å². The smallest absolute Gasteiger partial charge is 0.229 e. The van der Waals surface area contributed by atoms with Crippen molar-refractivity contribution in [1.29, 1.82) is 0 Å². The van der Waals surface area contributed by atoms with Gasteiger partial charge >= 0.3 is 0 Å². The molecule has 2 rings (SSSR count). The van der Waals surface area contributed by atoms with Gasteiger partial charge in [0.25, 0.3) is 0 Å². The van der Waals surface area contributed by atoms with Crippen molar-refractivity contribution < 1.29 is 16.8 Å². The molecule has 1 atom stereocenters. The largest absolute Gasteiger partial charge is 0.250 e. The van der Waals surface area contributed by atoms with E-state index in [9.17, 15) is 16.8 Å². The van der Waals surface area contributed by atoms with Crippen LogP contribution in [0.4, 0.5) is 0 Å². The molecule has 1 aromatic heterocycles. The number of halogens is 1. The van der Waals surface area contributed by atoms with Crippen LogP contribution in [0.2, 0.25) is 0 Å². The molecule has 0 aromatic carbocycles. The lowest BCUT2D eigenvalue weighted by molar-refractivity contribution is 0.572. The highest BCUT2D eigenvalue weighted by molar-refractivity contribution is 9.11. The Labute approximate surface area is 125 Å². The van der Waals surface area contributed by atoms with Gasteiger partial charge in [0.2, 0.25) is 10.0 Å². The van der Waals surface area contributed by atoms with Crippen molar-refractivity contribution in [2.75, 3.05) is 12.3 Å². The standard InChI is InChI=1S/C10H14BrNO4S3/c1-7-5-9(17-10(7)11)19(15,16)12-6-8-3-2-4-18(8,13)14/h5,8,12H,2-4,6H2,1H3. The Balaban J connectivity index is 2.10. The number of aryl methyl sites for hydroxylation is 1. The highest BCUT2D eigenvalue weighted by Gasteiger charge is 2.32. The molecule has 0 spiro atoms. The third-order valence-electron chi connectivity index (χ3n) is 3.06. The third kappa shape index (κ3) is 3.38. The molecule has 0 bridgehead atoms. The summed E-state index contributed by atoms with van der Waals surface area (Å²) in [7, 11) is -6.75. The number of thiophene rings is 1. The molecule has 0 amide bonds. The zero-order valence-corrected chi connectivity index (χ0v) is 14.3. The summed E-state index contributed by atoms with van der Waals surface area (Å²) in [6, 6.07) is 1.57. The second kappa shape index (κ2) is 5.44. The van der Waals surface area contributed by atoms with E-state index in [0.29, 0.717) is 12.8 Å². The second-order valence-electron chi connectivity index (χ2n) is 4.51. The summed E-state index contributed by atoms with van der Waals surface area (Å²) in [5.74, 6) is 0.156. The van der Waals surface area contributed by atoms with Crippen LogP contribution in [0.1, 0.15) is 18.4 Å². The van der Waals surface area contributed by atoms with E-state index < -0.39 is 25.1 Å². The molecule has 1 saturated heterocycles. The number of sulfonamides is 1. The van der Waals surface area contributed by atoms with E-state index in [1.165, 1.54) is 0 Å². The lowest BCUT2D eigenvalue weighted by Crippen LogP contribution is -2.34. The Morgan fingerprint density at radius 2 is 2.21 bits per heavy atom. The Hall–Kier alpha value is 0.0400. The van der Waals surface area contributed by atoms with Gasteiger partial charge in [-0.2, -0.15) is 0 Å². The van der Waals surface area contributed by atoms with E-state index in [2.05, 4.69) is 20.7 Å². The van der Waals surface area contributed by atoms with Crippen LogP contribution in [0.5, 0.6) is 0 Å². The van der Waals surface area contributed by atoms with E-state index in [1.807, 2.05) is 0 Å². The van der Waals surface area contributed by atoms with Gasteiger partial charge in [-0.05, 0) is 47.3 Å². The fraction of sp³-hybridized carbons (Fsp3) is 0.600. The average molecular weight is 388 g/mol. The van der Waals surface area contributed by atoms with Crippen molar-refractivity contribution in [2.45, 2.75) is 29.2 Å². The molecule has 19 heavy (non-hydrogen) atoms. The molecule has 1 N–H and O–H groups in total. The highest BCUT2D eigenvalue weighted by atomic mass is 79.9. The van der Waals surface area contributed by atoms with Gasteiger partial charge < -0.3 is 0 Å². The minimum Gasteiger partial charge on any atom is -0.229 e. The SMILES string of the molecule is Cc1cc(S(=O)(=O)NCC2CCCS2(=O)=O)sc1Br. The number of hydrogen-bond donors (Lipinski definition) is 1. The van der Waals surface area contributed by atoms with Gasteiger partial charge in [-0.3, -0.25) is 0 Å². The molecular weight excluding hydrogens is 374 g/mol. The van der Waals surface area contributed by atoms with Gasteiger partial charge in [-0.1, -0.05) is 0 Å². The first-order valence-corrected chi connectivity index (χ1v) is 10.5. The maximum Gasteiger partial charge on any atom is 0.250 e.